The Hall–Kier alpha value is -1.02. The quantitative estimate of drug-likeness (QED) is 0.833. The molecule has 0 aliphatic heterocycles. The molecule has 0 aromatic heterocycles. The molecule has 0 fully saturated rings. The molecular formula is C18H19Cl2N. The van der Waals surface area contributed by atoms with Gasteiger partial charge in [-0.1, -0.05) is 47.5 Å². The summed E-state index contributed by atoms with van der Waals surface area (Å²) < 4.78 is 0. The Morgan fingerprint density at radius 3 is 2.76 bits per heavy atom. The maximum atomic E-state index is 6.33. The third kappa shape index (κ3) is 3.11. The topological polar surface area (TPSA) is 12.0 Å². The highest BCUT2D eigenvalue weighted by Crippen LogP contribution is 2.37. The van der Waals surface area contributed by atoms with Crippen molar-refractivity contribution in [3.8, 4) is 0 Å². The summed E-state index contributed by atoms with van der Waals surface area (Å²) in [6.07, 6.45) is 3.27. The lowest BCUT2D eigenvalue weighted by Gasteiger charge is -2.34. The van der Waals surface area contributed by atoms with Gasteiger partial charge >= 0.3 is 0 Å². The minimum absolute atomic E-state index is 0.380. The highest BCUT2D eigenvalue weighted by Gasteiger charge is 2.28. The molecule has 0 bridgehead atoms. The van der Waals surface area contributed by atoms with Crippen LogP contribution in [-0.4, -0.2) is 7.05 Å². The first-order valence-electron chi connectivity index (χ1n) is 7.38. The van der Waals surface area contributed by atoms with Gasteiger partial charge in [-0.2, -0.15) is 0 Å². The van der Waals surface area contributed by atoms with Crippen molar-refractivity contribution in [2.75, 3.05) is 7.05 Å². The van der Waals surface area contributed by atoms with Crippen LogP contribution < -0.4 is 5.32 Å². The van der Waals surface area contributed by atoms with Gasteiger partial charge in [-0.05, 0) is 67.1 Å². The van der Waals surface area contributed by atoms with Crippen molar-refractivity contribution in [2.45, 2.75) is 25.3 Å². The first-order valence-corrected chi connectivity index (χ1v) is 8.13. The molecule has 1 N–H and O–H groups in total. The fourth-order valence-corrected chi connectivity index (χ4v) is 3.81. The summed E-state index contributed by atoms with van der Waals surface area (Å²) in [5, 5.41) is 5.06. The highest BCUT2D eigenvalue weighted by molar-refractivity contribution is 6.33. The van der Waals surface area contributed by atoms with Crippen LogP contribution in [0.4, 0.5) is 0 Å². The van der Waals surface area contributed by atoms with E-state index in [2.05, 4.69) is 29.6 Å². The van der Waals surface area contributed by atoms with Crippen molar-refractivity contribution in [1.29, 1.82) is 0 Å². The molecule has 0 radical (unpaired) electrons. The van der Waals surface area contributed by atoms with Crippen molar-refractivity contribution < 1.29 is 0 Å². The fourth-order valence-electron chi connectivity index (χ4n) is 3.42. The minimum Gasteiger partial charge on any atom is -0.313 e. The molecule has 3 rings (SSSR count). The Bertz CT molecular complexity index is 639. The third-order valence-corrected chi connectivity index (χ3v) is 5.05. The number of rotatable bonds is 3. The van der Waals surface area contributed by atoms with Crippen LogP contribution in [0.1, 0.15) is 29.2 Å². The van der Waals surface area contributed by atoms with E-state index in [4.69, 9.17) is 23.2 Å². The molecule has 1 aliphatic rings. The van der Waals surface area contributed by atoms with Crippen LogP contribution in [0, 0.1) is 5.92 Å². The highest BCUT2D eigenvalue weighted by atomic mass is 35.5. The van der Waals surface area contributed by atoms with E-state index in [1.165, 1.54) is 17.5 Å². The monoisotopic (exact) mass is 319 g/mol. The maximum absolute atomic E-state index is 6.33. The van der Waals surface area contributed by atoms with Crippen LogP contribution in [0.5, 0.6) is 0 Å². The molecule has 0 saturated carbocycles. The molecule has 110 valence electrons. The Kier molecular flexibility index (Phi) is 4.54. The Labute approximate surface area is 136 Å². The molecule has 2 unspecified atom stereocenters. The second kappa shape index (κ2) is 6.39. The van der Waals surface area contributed by atoms with Crippen LogP contribution in [-0.2, 0) is 12.8 Å². The number of hydrogen-bond donors (Lipinski definition) is 1. The number of nitrogens with one attached hydrogen (secondary N) is 1. The van der Waals surface area contributed by atoms with E-state index in [9.17, 15) is 0 Å². The average Bonchev–Trinajstić information content (AvgIpc) is 2.50. The molecule has 2 aromatic rings. The molecule has 0 heterocycles. The van der Waals surface area contributed by atoms with Crippen molar-refractivity contribution >= 4 is 23.2 Å². The van der Waals surface area contributed by atoms with Crippen LogP contribution in [0.2, 0.25) is 10.0 Å². The predicted molar refractivity (Wildman–Crippen MR) is 90.2 cm³/mol. The summed E-state index contributed by atoms with van der Waals surface area (Å²) in [7, 11) is 2.04. The van der Waals surface area contributed by atoms with E-state index >= 15 is 0 Å². The van der Waals surface area contributed by atoms with Gasteiger partial charge in [-0.25, -0.2) is 0 Å². The van der Waals surface area contributed by atoms with Gasteiger partial charge in [0.15, 0.2) is 0 Å². The SMILES string of the molecule is CNC1c2ccccc2CCC1Cc1cc(Cl)ccc1Cl. The summed E-state index contributed by atoms with van der Waals surface area (Å²) in [6, 6.07) is 14.8. The maximum Gasteiger partial charge on any atom is 0.0439 e. The standard InChI is InChI=1S/C18H19Cl2N/c1-21-18-13(7-6-12-4-2-3-5-16(12)18)10-14-11-15(19)8-9-17(14)20/h2-5,8-9,11,13,18,21H,6-7,10H2,1H3. The lowest BCUT2D eigenvalue weighted by Crippen LogP contribution is -2.31. The second-order valence-electron chi connectivity index (χ2n) is 5.70. The molecule has 21 heavy (non-hydrogen) atoms. The lowest BCUT2D eigenvalue weighted by molar-refractivity contribution is 0.335. The fraction of sp³-hybridized carbons (Fsp3) is 0.333. The van der Waals surface area contributed by atoms with E-state index in [-0.39, 0.29) is 0 Å². The summed E-state index contributed by atoms with van der Waals surface area (Å²) >= 11 is 12.4. The van der Waals surface area contributed by atoms with E-state index in [0.29, 0.717) is 12.0 Å². The second-order valence-corrected chi connectivity index (χ2v) is 6.55. The lowest BCUT2D eigenvalue weighted by atomic mass is 9.77. The van der Waals surface area contributed by atoms with E-state index < -0.39 is 0 Å². The van der Waals surface area contributed by atoms with Gasteiger partial charge in [0.05, 0.1) is 0 Å². The molecule has 2 aromatic carbocycles. The zero-order valence-corrected chi connectivity index (χ0v) is 13.6. The van der Waals surface area contributed by atoms with Crippen LogP contribution in [0.3, 0.4) is 0 Å². The van der Waals surface area contributed by atoms with E-state index in [1.54, 1.807) is 0 Å². The van der Waals surface area contributed by atoms with Gasteiger partial charge in [-0.15, -0.1) is 0 Å². The predicted octanol–water partition coefficient (Wildman–Crippen LogP) is 5.06. The number of aryl methyl sites for hydroxylation is 1. The number of hydrogen-bond acceptors (Lipinski definition) is 1. The molecule has 3 heteroatoms. The van der Waals surface area contributed by atoms with Crippen molar-refractivity contribution in [1.82, 2.24) is 5.32 Å². The van der Waals surface area contributed by atoms with E-state index in [1.807, 2.05) is 25.2 Å². The zero-order valence-electron chi connectivity index (χ0n) is 12.1. The van der Waals surface area contributed by atoms with Crippen LogP contribution in [0.15, 0.2) is 42.5 Å². The van der Waals surface area contributed by atoms with Crippen molar-refractivity contribution in [2.24, 2.45) is 5.92 Å². The van der Waals surface area contributed by atoms with Crippen LogP contribution >= 0.6 is 23.2 Å². The Balaban J connectivity index is 1.88. The molecule has 2 atom stereocenters. The van der Waals surface area contributed by atoms with Gasteiger partial charge in [0, 0.05) is 16.1 Å². The Morgan fingerprint density at radius 1 is 1.14 bits per heavy atom. The molecule has 1 nitrogen and oxygen atoms in total. The number of halogens is 2. The molecule has 0 saturated heterocycles. The first-order chi connectivity index (χ1) is 10.2. The molecule has 0 spiro atoms. The summed E-state index contributed by atoms with van der Waals surface area (Å²) in [4.78, 5) is 0. The summed E-state index contributed by atoms with van der Waals surface area (Å²) in [5.74, 6) is 0.542. The molecule has 1 aliphatic carbocycles. The zero-order chi connectivity index (χ0) is 14.8. The van der Waals surface area contributed by atoms with Crippen molar-refractivity contribution in [3.05, 3.63) is 69.2 Å². The molecular weight excluding hydrogens is 301 g/mol. The van der Waals surface area contributed by atoms with Gasteiger partial charge in [0.2, 0.25) is 0 Å². The summed E-state index contributed by atoms with van der Waals surface area (Å²) in [6.45, 7) is 0. The summed E-state index contributed by atoms with van der Waals surface area (Å²) in [5.41, 5.74) is 4.04. The van der Waals surface area contributed by atoms with Crippen LogP contribution in [0.25, 0.3) is 0 Å². The van der Waals surface area contributed by atoms with Gasteiger partial charge in [-0.3, -0.25) is 0 Å². The van der Waals surface area contributed by atoms with Gasteiger partial charge in [0.1, 0.15) is 0 Å². The van der Waals surface area contributed by atoms with Gasteiger partial charge < -0.3 is 5.32 Å². The average molecular weight is 320 g/mol. The first kappa shape index (κ1) is 14.9. The number of fused-ring (bicyclic) bond motifs is 1. The van der Waals surface area contributed by atoms with Crippen molar-refractivity contribution in [3.63, 3.8) is 0 Å². The van der Waals surface area contributed by atoms with Gasteiger partial charge in [0.25, 0.3) is 0 Å². The number of benzene rings is 2. The van der Waals surface area contributed by atoms with E-state index in [0.717, 1.165) is 28.5 Å². The minimum atomic E-state index is 0.380. The normalized spacial score (nSPS) is 21.1. The Morgan fingerprint density at radius 2 is 1.95 bits per heavy atom. The smallest absolute Gasteiger partial charge is 0.0439 e. The third-order valence-electron chi connectivity index (χ3n) is 4.45. The largest absolute Gasteiger partial charge is 0.313 e. The molecule has 0 amide bonds.